The Labute approximate surface area is 198 Å². The molecule has 0 aliphatic carbocycles. The highest BCUT2D eigenvalue weighted by atomic mass is 32.2. The summed E-state index contributed by atoms with van der Waals surface area (Å²) < 4.78 is 35.1. The number of amides is 1. The first-order valence-electron chi connectivity index (χ1n) is 11.3. The molecule has 1 amide bonds. The van der Waals surface area contributed by atoms with Gasteiger partial charge in [0.25, 0.3) is 5.91 Å². The maximum Gasteiger partial charge on any atom is 0.339 e. The predicted octanol–water partition coefficient (Wildman–Crippen LogP) is 3.77. The number of aromatic nitrogens is 1. The second kappa shape index (κ2) is 9.58. The highest BCUT2D eigenvalue weighted by molar-refractivity contribution is 7.91. The van der Waals surface area contributed by atoms with Gasteiger partial charge in [0.05, 0.1) is 22.6 Å². The first-order valence-corrected chi connectivity index (χ1v) is 13.2. The van der Waals surface area contributed by atoms with Crippen LogP contribution in [-0.2, 0) is 19.4 Å². The second-order valence-corrected chi connectivity index (χ2v) is 10.9. The van der Waals surface area contributed by atoms with Crippen molar-refractivity contribution in [3.05, 3.63) is 53.8 Å². The molecule has 3 heterocycles. The third-order valence-corrected chi connectivity index (χ3v) is 7.96. The lowest BCUT2D eigenvalue weighted by Gasteiger charge is -2.33. The summed E-state index contributed by atoms with van der Waals surface area (Å²) in [5, 5.41) is 0.604. The van der Waals surface area contributed by atoms with Crippen molar-refractivity contribution in [1.82, 2.24) is 9.88 Å². The molecule has 0 spiro atoms. The number of pyridine rings is 1. The minimum atomic E-state index is -3.16. The van der Waals surface area contributed by atoms with Gasteiger partial charge in [0.1, 0.15) is 11.5 Å². The van der Waals surface area contributed by atoms with Gasteiger partial charge in [-0.1, -0.05) is 25.1 Å². The molecule has 1 aliphatic rings. The molecule has 9 heteroatoms. The number of benzene rings is 1. The third-order valence-electron chi connectivity index (χ3n) is 6.21. The van der Waals surface area contributed by atoms with Crippen molar-refractivity contribution in [3.8, 4) is 11.5 Å². The summed E-state index contributed by atoms with van der Waals surface area (Å²) in [5.41, 5.74) is 1.37. The van der Waals surface area contributed by atoms with Crippen LogP contribution in [-0.4, -0.2) is 60.4 Å². The van der Waals surface area contributed by atoms with Crippen molar-refractivity contribution in [2.24, 2.45) is 0 Å². The maximum atomic E-state index is 13.1. The summed E-state index contributed by atoms with van der Waals surface area (Å²) in [6, 6.07) is 11.8. The number of hydrogen-bond donors (Lipinski definition) is 0. The molecule has 8 nitrogen and oxygen atoms in total. The molecule has 0 bridgehead atoms. The second-order valence-electron chi connectivity index (χ2n) is 8.67. The maximum absolute atomic E-state index is 13.1. The van der Waals surface area contributed by atoms with Crippen molar-refractivity contribution in [3.63, 3.8) is 0 Å². The van der Waals surface area contributed by atoms with E-state index in [1.54, 1.807) is 35.2 Å². The fraction of sp³-hybridized carbons (Fsp3) is 0.400. The normalized spacial score (nSPS) is 18.0. The largest absolute Gasteiger partial charge is 0.460 e. The molecule has 1 fully saturated rings. The van der Waals surface area contributed by atoms with Gasteiger partial charge < -0.3 is 14.1 Å². The zero-order chi connectivity index (χ0) is 24.5. The fourth-order valence-electron chi connectivity index (χ4n) is 4.32. The predicted molar refractivity (Wildman–Crippen MR) is 128 cm³/mol. The zero-order valence-electron chi connectivity index (χ0n) is 19.5. The Balaban J connectivity index is 1.57. The van der Waals surface area contributed by atoms with Gasteiger partial charge in [-0.2, -0.15) is 0 Å². The lowest BCUT2D eigenvalue weighted by Crippen LogP contribution is -2.48. The van der Waals surface area contributed by atoms with E-state index in [1.165, 1.54) is 0 Å². The fourth-order valence-corrected chi connectivity index (χ4v) is 6.03. The summed E-state index contributed by atoms with van der Waals surface area (Å²) in [6.45, 7) is 5.16. The number of aryl methyl sites for hydroxylation is 1. The van der Waals surface area contributed by atoms with Crippen molar-refractivity contribution >= 4 is 32.6 Å². The number of rotatable bonds is 7. The van der Waals surface area contributed by atoms with E-state index in [2.05, 4.69) is 4.98 Å². The van der Waals surface area contributed by atoms with E-state index in [0.29, 0.717) is 35.2 Å². The molecule has 0 N–H and O–H groups in total. The minimum Gasteiger partial charge on any atom is -0.460 e. The molecule has 4 rings (SSSR count). The van der Waals surface area contributed by atoms with Gasteiger partial charge in [-0.25, -0.2) is 18.2 Å². The number of nitrogens with zero attached hydrogens (tertiary/aromatic N) is 2. The third kappa shape index (κ3) is 4.99. The van der Waals surface area contributed by atoms with Crippen LogP contribution in [0, 0.1) is 6.92 Å². The molecule has 1 aromatic carbocycles. The summed E-state index contributed by atoms with van der Waals surface area (Å²) >= 11 is 0. The number of esters is 1. The molecule has 2 aromatic heterocycles. The first-order chi connectivity index (χ1) is 16.2. The van der Waals surface area contributed by atoms with E-state index in [4.69, 9.17) is 9.15 Å². The van der Waals surface area contributed by atoms with Crippen LogP contribution in [0.3, 0.4) is 0 Å². The zero-order valence-corrected chi connectivity index (χ0v) is 20.3. The lowest BCUT2D eigenvalue weighted by molar-refractivity contribution is -0.138. The van der Waals surface area contributed by atoms with E-state index in [1.807, 2.05) is 32.9 Å². The van der Waals surface area contributed by atoms with Crippen molar-refractivity contribution in [1.29, 1.82) is 0 Å². The highest BCUT2D eigenvalue weighted by Crippen LogP contribution is 2.27. The Hall–Kier alpha value is -3.20. The van der Waals surface area contributed by atoms with Crippen LogP contribution in [0.25, 0.3) is 22.4 Å². The van der Waals surface area contributed by atoms with Crippen LogP contribution in [0.1, 0.15) is 42.8 Å². The van der Waals surface area contributed by atoms with Crippen LogP contribution >= 0.6 is 0 Å². The summed E-state index contributed by atoms with van der Waals surface area (Å²) in [5.74, 6) is 0.204. The molecular formula is C25H28N2O6S. The molecule has 2 atom stereocenters. The van der Waals surface area contributed by atoms with Crippen molar-refractivity contribution < 1.29 is 27.2 Å². The molecule has 1 aliphatic heterocycles. The Morgan fingerprint density at radius 2 is 2.00 bits per heavy atom. The van der Waals surface area contributed by atoms with Crippen molar-refractivity contribution in [2.75, 3.05) is 18.1 Å². The molecule has 0 radical (unpaired) electrons. The molecule has 2 unspecified atom stereocenters. The molecular weight excluding hydrogens is 456 g/mol. The number of sulfone groups is 1. The standard InChI is InChI=1S/C25H28N2O6S/c1-4-16(2)27(18-11-12-34(30,31)15-18)24(28)14-32-25(29)20-13-22(23-10-9-17(3)33-23)26-21-8-6-5-7-19(20)21/h5-10,13,16,18H,4,11-12,14-15H2,1-3H3. The number of fused-ring (bicyclic) bond motifs is 1. The molecule has 3 aromatic rings. The highest BCUT2D eigenvalue weighted by Gasteiger charge is 2.36. The SMILES string of the molecule is CCC(C)N(C(=O)COC(=O)c1cc(-c2ccc(C)o2)nc2ccccc12)C1CCS(=O)(=O)C1. The van der Waals surface area contributed by atoms with Gasteiger partial charge in [0.2, 0.25) is 0 Å². The molecule has 34 heavy (non-hydrogen) atoms. The molecule has 1 saturated heterocycles. The smallest absolute Gasteiger partial charge is 0.339 e. The van der Waals surface area contributed by atoms with Gasteiger partial charge in [0, 0.05) is 17.5 Å². The number of carbonyl (C=O) groups excluding carboxylic acids is 2. The van der Waals surface area contributed by atoms with Crippen LogP contribution < -0.4 is 0 Å². The average Bonchev–Trinajstić information content (AvgIpc) is 3.41. The van der Waals surface area contributed by atoms with Crippen LogP contribution in [0.15, 0.2) is 46.9 Å². The van der Waals surface area contributed by atoms with Gasteiger partial charge in [-0.3, -0.25) is 4.79 Å². The van der Waals surface area contributed by atoms with Gasteiger partial charge in [-0.15, -0.1) is 0 Å². The number of hydrogen-bond acceptors (Lipinski definition) is 7. The van der Waals surface area contributed by atoms with E-state index in [0.717, 1.165) is 5.76 Å². The minimum absolute atomic E-state index is 0.0576. The lowest BCUT2D eigenvalue weighted by atomic mass is 10.1. The first kappa shape index (κ1) is 23.9. The Morgan fingerprint density at radius 1 is 1.24 bits per heavy atom. The Kier molecular flexibility index (Phi) is 6.74. The van der Waals surface area contributed by atoms with E-state index in [-0.39, 0.29) is 23.1 Å². The quantitative estimate of drug-likeness (QED) is 0.470. The number of carbonyl (C=O) groups is 2. The summed E-state index contributed by atoms with van der Waals surface area (Å²) in [4.78, 5) is 32.3. The van der Waals surface area contributed by atoms with E-state index < -0.39 is 34.4 Å². The number of para-hydroxylation sites is 1. The Morgan fingerprint density at radius 3 is 2.65 bits per heavy atom. The van der Waals surface area contributed by atoms with Crippen molar-refractivity contribution in [2.45, 2.75) is 45.7 Å². The van der Waals surface area contributed by atoms with Gasteiger partial charge in [-0.05, 0) is 51.0 Å². The number of furan rings is 1. The Bertz CT molecular complexity index is 1330. The summed E-state index contributed by atoms with van der Waals surface area (Å²) in [6.07, 6.45) is 1.06. The van der Waals surface area contributed by atoms with Crippen LogP contribution in [0.2, 0.25) is 0 Å². The average molecular weight is 485 g/mol. The van der Waals surface area contributed by atoms with Crippen LogP contribution in [0.4, 0.5) is 0 Å². The van der Waals surface area contributed by atoms with Crippen LogP contribution in [0.5, 0.6) is 0 Å². The topological polar surface area (TPSA) is 107 Å². The number of ether oxygens (including phenoxy) is 1. The monoisotopic (exact) mass is 484 g/mol. The summed E-state index contributed by atoms with van der Waals surface area (Å²) in [7, 11) is -3.16. The molecule has 0 saturated carbocycles. The van der Waals surface area contributed by atoms with Gasteiger partial charge in [0.15, 0.2) is 22.2 Å². The molecule has 180 valence electrons. The van der Waals surface area contributed by atoms with E-state index in [9.17, 15) is 18.0 Å². The van der Waals surface area contributed by atoms with Gasteiger partial charge >= 0.3 is 5.97 Å². The van der Waals surface area contributed by atoms with E-state index >= 15 is 0 Å².